The first kappa shape index (κ1) is 15.5. The highest BCUT2D eigenvalue weighted by Crippen LogP contribution is 2.32. The number of benzene rings is 2. The lowest BCUT2D eigenvalue weighted by molar-refractivity contribution is 0.642. The Hall–Kier alpha value is -2.02. The van der Waals surface area contributed by atoms with Crippen molar-refractivity contribution in [3.05, 3.63) is 82.1 Å². The molecule has 1 heterocycles. The molecule has 0 saturated carbocycles. The van der Waals surface area contributed by atoms with Crippen LogP contribution in [0.5, 0.6) is 0 Å². The summed E-state index contributed by atoms with van der Waals surface area (Å²) in [6.45, 7) is 2.24. The third-order valence-corrected chi connectivity index (χ3v) is 5.68. The quantitative estimate of drug-likeness (QED) is 0.767. The van der Waals surface area contributed by atoms with Gasteiger partial charge < -0.3 is 5.32 Å². The number of rotatable bonds is 5. The van der Waals surface area contributed by atoms with E-state index in [-0.39, 0.29) is 0 Å². The van der Waals surface area contributed by atoms with Crippen LogP contribution in [0, 0.1) is 0 Å². The van der Waals surface area contributed by atoms with Gasteiger partial charge in [-0.15, -0.1) is 0 Å². The van der Waals surface area contributed by atoms with Gasteiger partial charge in [0.25, 0.3) is 0 Å². The van der Waals surface area contributed by atoms with Crippen LogP contribution in [0.15, 0.2) is 59.8 Å². The summed E-state index contributed by atoms with van der Waals surface area (Å²) in [4.78, 5) is 0. The summed E-state index contributed by atoms with van der Waals surface area (Å²) in [5.41, 5.74) is 9.14. The van der Waals surface area contributed by atoms with Crippen molar-refractivity contribution < 1.29 is 0 Å². The minimum Gasteiger partial charge on any atom is -0.381 e. The van der Waals surface area contributed by atoms with Crippen LogP contribution in [0.1, 0.15) is 60.9 Å². The average Bonchev–Trinajstić information content (AvgIpc) is 3.22. The fraction of sp³-hybridized carbons (Fsp3) is 0.391. The van der Waals surface area contributed by atoms with Crippen molar-refractivity contribution in [1.82, 2.24) is 5.32 Å². The third kappa shape index (κ3) is 3.26. The molecular formula is C23H27N. The van der Waals surface area contributed by atoms with Crippen LogP contribution in [0.4, 0.5) is 0 Å². The van der Waals surface area contributed by atoms with E-state index in [0.717, 1.165) is 0 Å². The van der Waals surface area contributed by atoms with Crippen LogP contribution in [0.2, 0.25) is 0 Å². The maximum atomic E-state index is 3.68. The summed E-state index contributed by atoms with van der Waals surface area (Å²) in [7, 11) is 0. The third-order valence-electron chi connectivity index (χ3n) is 5.68. The van der Waals surface area contributed by atoms with Crippen LogP contribution in [0.25, 0.3) is 0 Å². The van der Waals surface area contributed by atoms with Crippen LogP contribution >= 0.6 is 0 Å². The van der Waals surface area contributed by atoms with Crippen molar-refractivity contribution >= 4 is 0 Å². The molecule has 2 aromatic rings. The van der Waals surface area contributed by atoms with Crippen molar-refractivity contribution in [3.63, 3.8) is 0 Å². The summed E-state index contributed by atoms with van der Waals surface area (Å²) in [6.07, 6.45) is 8.77. The monoisotopic (exact) mass is 317 g/mol. The van der Waals surface area contributed by atoms with E-state index >= 15 is 0 Å². The number of hydrogen-bond donors (Lipinski definition) is 1. The molecule has 24 heavy (non-hydrogen) atoms. The van der Waals surface area contributed by atoms with Gasteiger partial charge in [-0.3, -0.25) is 0 Å². The highest BCUT2D eigenvalue weighted by molar-refractivity contribution is 5.35. The Morgan fingerprint density at radius 1 is 0.958 bits per heavy atom. The van der Waals surface area contributed by atoms with Gasteiger partial charge in [-0.2, -0.15) is 0 Å². The predicted molar refractivity (Wildman–Crippen MR) is 101 cm³/mol. The Bertz CT molecular complexity index is 742. The molecule has 1 aliphatic carbocycles. The number of hydrogen-bond acceptors (Lipinski definition) is 1. The molecule has 0 saturated heterocycles. The molecule has 0 bridgehead atoms. The lowest BCUT2D eigenvalue weighted by Gasteiger charge is -2.12. The van der Waals surface area contributed by atoms with Crippen molar-refractivity contribution in [2.45, 2.75) is 57.9 Å². The Morgan fingerprint density at radius 2 is 1.79 bits per heavy atom. The molecule has 1 N–H and O–H groups in total. The Labute approximate surface area is 145 Å². The van der Waals surface area contributed by atoms with Crippen LogP contribution < -0.4 is 5.32 Å². The first-order chi connectivity index (χ1) is 11.8. The van der Waals surface area contributed by atoms with Gasteiger partial charge in [-0.1, -0.05) is 48.5 Å². The zero-order valence-corrected chi connectivity index (χ0v) is 14.6. The minimum absolute atomic E-state index is 0.473. The van der Waals surface area contributed by atoms with E-state index in [9.17, 15) is 0 Å². The first-order valence-corrected chi connectivity index (χ1v) is 9.40. The zero-order chi connectivity index (χ0) is 16.4. The Balaban J connectivity index is 1.32. The van der Waals surface area contributed by atoms with Gasteiger partial charge in [0, 0.05) is 5.70 Å². The van der Waals surface area contributed by atoms with E-state index in [2.05, 4.69) is 60.8 Å². The van der Waals surface area contributed by atoms with E-state index in [4.69, 9.17) is 0 Å². The minimum atomic E-state index is 0.473. The normalized spacial score (nSPS) is 19.5. The fourth-order valence-electron chi connectivity index (χ4n) is 4.28. The molecule has 1 unspecified atom stereocenters. The molecule has 1 atom stereocenters. The maximum Gasteiger partial charge on any atom is 0.0548 e. The molecule has 0 amide bonds. The van der Waals surface area contributed by atoms with Gasteiger partial charge in [0.15, 0.2) is 0 Å². The lowest BCUT2D eigenvalue weighted by atomic mass is 9.97. The van der Waals surface area contributed by atoms with E-state index in [1.165, 1.54) is 61.8 Å². The largest absolute Gasteiger partial charge is 0.381 e. The standard InChI is InChI=1S/C23H27N/c1-17-21(16-23(24-17)20-8-3-2-4-9-20)11-5-7-18-13-14-19-10-6-12-22(19)15-18/h2-4,8-9,13-15,23-24H,5-7,10-12,16H2,1H3. The number of allylic oxidation sites excluding steroid dienone is 1. The highest BCUT2D eigenvalue weighted by Gasteiger charge is 2.21. The van der Waals surface area contributed by atoms with E-state index in [1.54, 1.807) is 16.7 Å². The molecule has 2 aliphatic rings. The molecule has 2 aromatic carbocycles. The second-order valence-corrected chi connectivity index (χ2v) is 7.35. The number of nitrogens with one attached hydrogen (secondary N) is 1. The van der Waals surface area contributed by atoms with Crippen LogP contribution in [-0.2, 0) is 19.3 Å². The summed E-state index contributed by atoms with van der Waals surface area (Å²) in [6, 6.07) is 18.5. The van der Waals surface area contributed by atoms with Gasteiger partial charge in [0.05, 0.1) is 6.04 Å². The van der Waals surface area contributed by atoms with E-state index in [0.29, 0.717) is 6.04 Å². The number of fused-ring (bicyclic) bond motifs is 1. The molecular weight excluding hydrogens is 290 g/mol. The topological polar surface area (TPSA) is 12.0 Å². The zero-order valence-electron chi connectivity index (χ0n) is 14.6. The van der Waals surface area contributed by atoms with Gasteiger partial charge in [-0.25, -0.2) is 0 Å². The van der Waals surface area contributed by atoms with E-state index in [1.807, 2.05) is 0 Å². The smallest absolute Gasteiger partial charge is 0.0548 e. The van der Waals surface area contributed by atoms with Gasteiger partial charge in [0.2, 0.25) is 0 Å². The maximum absolute atomic E-state index is 3.68. The summed E-state index contributed by atoms with van der Waals surface area (Å²) in [5.74, 6) is 0. The molecule has 0 spiro atoms. The summed E-state index contributed by atoms with van der Waals surface area (Å²) >= 11 is 0. The summed E-state index contributed by atoms with van der Waals surface area (Å²) < 4.78 is 0. The molecule has 1 aliphatic heterocycles. The molecule has 0 fully saturated rings. The SMILES string of the molecule is CC1=C(CCCc2ccc3c(c2)CCC3)CC(c2ccccc2)N1. The van der Waals surface area contributed by atoms with Crippen LogP contribution in [-0.4, -0.2) is 0 Å². The average molecular weight is 317 g/mol. The molecule has 124 valence electrons. The first-order valence-electron chi connectivity index (χ1n) is 9.40. The fourth-order valence-corrected chi connectivity index (χ4v) is 4.28. The molecule has 1 heteroatoms. The second-order valence-electron chi connectivity index (χ2n) is 7.35. The molecule has 0 radical (unpaired) electrons. The number of aryl methyl sites for hydroxylation is 3. The van der Waals surface area contributed by atoms with Crippen molar-refractivity contribution in [3.8, 4) is 0 Å². The van der Waals surface area contributed by atoms with Crippen molar-refractivity contribution in [2.75, 3.05) is 0 Å². The summed E-state index contributed by atoms with van der Waals surface area (Å²) in [5, 5.41) is 3.68. The second kappa shape index (κ2) is 6.84. The molecule has 0 aromatic heterocycles. The van der Waals surface area contributed by atoms with Gasteiger partial charge >= 0.3 is 0 Å². The molecule has 1 nitrogen and oxygen atoms in total. The van der Waals surface area contributed by atoms with E-state index < -0.39 is 0 Å². The van der Waals surface area contributed by atoms with Crippen molar-refractivity contribution in [2.24, 2.45) is 0 Å². The Morgan fingerprint density at radius 3 is 2.67 bits per heavy atom. The van der Waals surface area contributed by atoms with Gasteiger partial charge in [-0.05, 0) is 79.7 Å². The van der Waals surface area contributed by atoms with Crippen molar-refractivity contribution in [1.29, 1.82) is 0 Å². The van der Waals surface area contributed by atoms with Crippen LogP contribution in [0.3, 0.4) is 0 Å². The molecule has 4 rings (SSSR count). The van der Waals surface area contributed by atoms with Gasteiger partial charge in [0.1, 0.15) is 0 Å². The Kier molecular flexibility index (Phi) is 4.42. The lowest BCUT2D eigenvalue weighted by Crippen LogP contribution is -2.12. The predicted octanol–water partition coefficient (Wildman–Crippen LogP) is 5.51. The highest BCUT2D eigenvalue weighted by atomic mass is 14.9.